The number of carbonyl (C=O) groups is 1. The molecule has 1 aromatic rings. The molecular formula is C13H19N3O. The Bertz CT molecular complexity index is 402. The van der Waals surface area contributed by atoms with Gasteiger partial charge in [-0.25, -0.2) is 4.79 Å². The Morgan fingerprint density at radius 2 is 1.94 bits per heavy atom. The van der Waals surface area contributed by atoms with Gasteiger partial charge in [0.2, 0.25) is 0 Å². The van der Waals surface area contributed by atoms with E-state index in [1.165, 1.54) is 11.3 Å². The zero-order valence-corrected chi connectivity index (χ0v) is 10.4. The Hall–Kier alpha value is -1.71. The molecule has 0 radical (unpaired) electrons. The zero-order chi connectivity index (χ0) is 12.4. The third-order valence-electron chi connectivity index (χ3n) is 3.30. The molecule has 1 unspecified atom stereocenters. The average molecular weight is 233 g/mol. The van der Waals surface area contributed by atoms with Crippen LogP contribution in [-0.2, 0) is 0 Å². The Kier molecular flexibility index (Phi) is 3.22. The fourth-order valence-corrected chi connectivity index (χ4v) is 2.28. The second kappa shape index (κ2) is 4.65. The summed E-state index contributed by atoms with van der Waals surface area (Å²) < 4.78 is 0. The average Bonchev–Trinajstić information content (AvgIpc) is 2.30. The van der Waals surface area contributed by atoms with Gasteiger partial charge in [-0.2, -0.15) is 0 Å². The van der Waals surface area contributed by atoms with E-state index in [0.29, 0.717) is 19.1 Å². The molecule has 1 saturated heterocycles. The molecule has 2 N–H and O–H groups in total. The van der Waals surface area contributed by atoms with Crippen molar-refractivity contribution in [1.29, 1.82) is 0 Å². The van der Waals surface area contributed by atoms with Crippen molar-refractivity contribution >= 4 is 11.7 Å². The lowest BCUT2D eigenvalue weighted by Gasteiger charge is -2.40. The largest absolute Gasteiger partial charge is 0.365 e. The van der Waals surface area contributed by atoms with Gasteiger partial charge in [0.25, 0.3) is 0 Å². The smallest absolute Gasteiger partial charge is 0.314 e. The molecule has 2 rings (SSSR count). The number of piperazine rings is 1. The van der Waals surface area contributed by atoms with Crippen molar-refractivity contribution in [3.8, 4) is 0 Å². The van der Waals surface area contributed by atoms with Crippen LogP contribution in [-0.4, -0.2) is 36.6 Å². The second-order valence-corrected chi connectivity index (χ2v) is 4.66. The monoisotopic (exact) mass is 233 g/mol. The Morgan fingerprint density at radius 3 is 2.47 bits per heavy atom. The number of primary amides is 1. The molecule has 0 aliphatic carbocycles. The van der Waals surface area contributed by atoms with Gasteiger partial charge in [0.1, 0.15) is 0 Å². The van der Waals surface area contributed by atoms with Crippen molar-refractivity contribution in [1.82, 2.24) is 4.90 Å². The Morgan fingerprint density at radius 1 is 1.29 bits per heavy atom. The highest BCUT2D eigenvalue weighted by Crippen LogP contribution is 2.20. The first-order chi connectivity index (χ1) is 8.08. The van der Waals surface area contributed by atoms with E-state index >= 15 is 0 Å². The van der Waals surface area contributed by atoms with Crippen molar-refractivity contribution in [2.24, 2.45) is 5.73 Å². The maximum atomic E-state index is 11.1. The number of hydrogen-bond acceptors (Lipinski definition) is 2. The number of amides is 2. The lowest BCUT2D eigenvalue weighted by Crippen LogP contribution is -2.55. The summed E-state index contributed by atoms with van der Waals surface area (Å²) in [6.07, 6.45) is 0. The van der Waals surface area contributed by atoms with Crippen molar-refractivity contribution in [3.63, 3.8) is 0 Å². The van der Waals surface area contributed by atoms with E-state index in [-0.39, 0.29) is 6.03 Å². The fourth-order valence-electron chi connectivity index (χ4n) is 2.28. The van der Waals surface area contributed by atoms with Gasteiger partial charge in [-0.3, -0.25) is 0 Å². The zero-order valence-electron chi connectivity index (χ0n) is 10.4. The molecule has 1 aliphatic rings. The molecule has 4 heteroatoms. The summed E-state index contributed by atoms with van der Waals surface area (Å²) in [5.41, 5.74) is 7.78. The molecular weight excluding hydrogens is 214 g/mol. The molecule has 1 aliphatic heterocycles. The van der Waals surface area contributed by atoms with Crippen LogP contribution in [0.2, 0.25) is 0 Å². The number of hydrogen-bond donors (Lipinski definition) is 1. The molecule has 0 bridgehead atoms. The summed E-state index contributed by atoms with van der Waals surface area (Å²) in [4.78, 5) is 15.1. The van der Waals surface area contributed by atoms with Crippen LogP contribution in [0.5, 0.6) is 0 Å². The predicted octanol–water partition coefficient (Wildman–Crippen LogP) is 1.58. The minimum absolute atomic E-state index is 0.305. The SMILES string of the molecule is Cc1ccc(N2CCN(C(N)=O)CC2C)cc1. The van der Waals surface area contributed by atoms with Crippen LogP contribution in [0.3, 0.4) is 0 Å². The fraction of sp³-hybridized carbons (Fsp3) is 0.462. The highest BCUT2D eigenvalue weighted by Gasteiger charge is 2.25. The Labute approximate surface area is 102 Å². The van der Waals surface area contributed by atoms with E-state index in [1.807, 2.05) is 0 Å². The lowest BCUT2D eigenvalue weighted by molar-refractivity contribution is 0.196. The summed E-state index contributed by atoms with van der Waals surface area (Å²) in [6.45, 7) is 6.44. The van der Waals surface area contributed by atoms with Gasteiger partial charge in [0.05, 0.1) is 0 Å². The van der Waals surface area contributed by atoms with Crippen molar-refractivity contribution in [2.75, 3.05) is 24.5 Å². The molecule has 0 spiro atoms. The summed E-state index contributed by atoms with van der Waals surface area (Å²) in [7, 11) is 0. The van der Waals surface area contributed by atoms with E-state index in [9.17, 15) is 4.79 Å². The molecule has 1 atom stereocenters. The minimum atomic E-state index is -0.319. The topological polar surface area (TPSA) is 49.6 Å². The first kappa shape index (κ1) is 11.8. The third kappa shape index (κ3) is 2.52. The molecule has 2 amide bonds. The normalized spacial score (nSPS) is 20.5. The van der Waals surface area contributed by atoms with Gasteiger partial charge in [-0.15, -0.1) is 0 Å². The minimum Gasteiger partial charge on any atom is -0.365 e. The first-order valence-corrected chi connectivity index (χ1v) is 5.95. The molecule has 92 valence electrons. The molecule has 17 heavy (non-hydrogen) atoms. The van der Waals surface area contributed by atoms with E-state index in [2.05, 4.69) is 43.0 Å². The summed E-state index contributed by atoms with van der Waals surface area (Å²) in [5.74, 6) is 0. The van der Waals surface area contributed by atoms with Gasteiger partial charge >= 0.3 is 6.03 Å². The first-order valence-electron chi connectivity index (χ1n) is 5.95. The highest BCUT2D eigenvalue weighted by atomic mass is 16.2. The number of nitrogens with zero attached hydrogens (tertiary/aromatic N) is 2. The van der Waals surface area contributed by atoms with Crippen LogP contribution < -0.4 is 10.6 Å². The number of benzene rings is 1. The highest BCUT2D eigenvalue weighted by molar-refractivity contribution is 5.72. The number of urea groups is 1. The van der Waals surface area contributed by atoms with Crippen molar-refractivity contribution in [2.45, 2.75) is 19.9 Å². The summed E-state index contributed by atoms with van der Waals surface area (Å²) in [5, 5.41) is 0. The molecule has 0 saturated carbocycles. The predicted molar refractivity (Wildman–Crippen MR) is 69.1 cm³/mol. The van der Waals surface area contributed by atoms with Gasteiger partial charge in [-0.1, -0.05) is 17.7 Å². The van der Waals surface area contributed by atoms with Gasteiger partial charge in [0.15, 0.2) is 0 Å². The maximum absolute atomic E-state index is 11.1. The number of rotatable bonds is 1. The standard InChI is InChI=1S/C13H19N3O/c1-10-3-5-12(6-4-10)16-8-7-15(13(14)17)9-11(16)2/h3-6,11H,7-9H2,1-2H3,(H2,14,17). The van der Waals surface area contributed by atoms with Gasteiger partial charge < -0.3 is 15.5 Å². The Balaban J connectivity index is 2.09. The molecule has 4 nitrogen and oxygen atoms in total. The van der Waals surface area contributed by atoms with Crippen LogP contribution >= 0.6 is 0 Å². The van der Waals surface area contributed by atoms with Crippen LogP contribution in [0.4, 0.5) is 10.5 Å². The molecule has 1 fully saturated rings. The maximum Gasteiger partial charge on any atom is 0.314 e. The van der Waals surface area contributed by atoms with Crippen LogP contribution in [0.1, 0.15) is 12.5 Å². The van der Waals surface area contributed by atoms with Gasteiger partial charge in [-0.05, 0) is 26.0 Å². The quantitative estimate of drug-likeness (QED) is 0.800. The number of aryl methyl sites for hydroxylation is 1. The van der Waals surface area contributed by atoms with Crippen molar-refractivity contribution < 1.29 is 4.79 Å². The third-order valence-corrected chi connectivity index (χ3v) is 3.30. The van der Waals surface area contributed by atoms with E-state index in [1.54, 1.807) is 4.90 Å². The molecule has 1 heterocycles. The second-order valence-electron chi connectivity index (χ2n) is 4.66. The summed E-state index contributed by atoms with van der Waals surface area (Å²) in [6, 6.07) is 8.47. The molecule has 0 aromatic heterocycles. The van der Waals surface area contributed by atoms with Crippen LogP contribution in [0.25, 0.3) is 0 Å². The van der Waals surface area contributed by atoms with E-state index in [4.69, 9.17) is 5.73 Å². The van der Waals surface area contributed by atoms with E-state index < -0.39 is 0 Å². The summed E-state index contributed by atoms with van der Waals surface area (Å²) >= 11 is 0. The number of carbonyl (C=O) groups excluding carboxylic acids is 1. The number of nitrogens with two attached hydrogens (primary N) is 1. The van der Waals surface area contributed by atoms with Crippen LogP contribution in [0.15, 0.2) is 24.3 Å². The van der Waals surface area contributed by atoms with E-state index in [0.717, 1.165) is 6.54 Å². The van der Waals surface area contributed by atoms with Gasteiger partial charge in [0, 0.05) is 31.4 Å². The number of anilines is 1. The molecule has 1 aromatic carbocycles. The van der Waals surface area contributed by atoms with Crippen LogP contribution in [0, 0.1) is 6.92 Å². The van der Waals surface area contributed by atoms with Crippen molar-refractivity contribution in [3.05, 3.63) is 29.8 Å². The lowest BCUT2D eigenvalue weighted by atomic mass is 10.1.